The smallest absolute Gasteiger partial charge is 0.147 e. The van der Waals surface area contributed by atoms with Crippen molar-refractivity contribution in [3.05, 3.63) is 22.3 Å². The molecular formula is C11H14Cl2N2O. The summed E-state index contributed by atoms with van der Waals surface area (Å²) >= 11 is 11.8. The number of hydrogen-bond donors (Lipinski definition) is 1. The van der Waals surface area contributed by atoms with Gasteiger partial charge in [0.15, 0.2) is 0 Å². The van der Waals surface area contributed by atoms with E-state index in [0.29, 0.717) is 16.0 Å². The minimum atomic E-state index is -0.118. The van der Waals surface area contributed by atoms with Crippen molar-refractivity contribution in [1.29, 1.82) is 0 Å². The summed E-state index contributed by atoms with van der Waals surface area (Å²) in [5.41, 5.74) is 0. The highest BCUT2D eigenvalue weighted by molar-refractivity contribution is 6.35. The molecule has 88 valence electrons. The number of anilines is 1. The number of aromatic nitrogens is 1. The quantitative estimate of drug-likeness (QED) is 0.908. The predicted molar refractivity (Wildman–Crippen MR) is 66.3 cm³/mol. The molecule has 1 aliphatic carbocycles. The third kappa shape index (κ3) is 2.59. The van der Waals surface area contributed by atoms with E-state index in [-0.39, 0.29) is 6.10 Å². The molecule has 0 unspecified atom stereocenters. The summed E-state index contributed by atoms with van der Waals surface area (Å²) < 4.78 is 0. The summed E-state index contributed by atoms with van der Waals surface area (Å²) in [5.74, 6) is 1.28. The van der Waals surface area contributed by atoms with Crippen LogP contribution in [0.1, 0.15) is 12.8 Å². The maximum atomic E-state index is 9.22. The van der Waals surface area contributed by atoms with Crippen molar-refractivity contribution in [3.8, 4) is 0 Å². The summed E-state index contributed by atoms with van der Waals surface area (Å²) in [6.07, 6.45) is 3.21. The molecule has 5 heteroatoms. The molecule has 1 aromatic rings. The number of hydrogen-bond acceptors (Lipinski definition) is 3. The Kier molecular flexibility index (Phi) is 3.57. The van der Waals surface area contributed by atoms with Crippen molar-refractivity contribution >= 4 is 29.0 Å². The highest BCUT2D eigenvalue weighted by Gasteiger charge is 2.28. The van der Waals surface area contributed by atoms with E-state index in [1.807, 2.05) is 11.9 Å². The Hall–Kier alpha value is -0.510. The van der Waals surface area contributed by atoms with Gasteiger partial charge in [-0.15, -0.1) is 0 Å². The predicted octanol–water partition coefficient (Wildman–Crippen LogP) is 2.60. The minimum Gasteiger partial charge on any atom is -0.393 e. The number of pyridine rings is 1. The zero-order valence-electron chi connectivity index (χ0n) is 9.03. The molecule has 0 saturated heterocycles. The Morgan fingerprint density at radius 1 is 1.50 bits per heavy atom. The van der Waals surface area contributed by atoms with Gasteiger partial charge in [-0.1, -0.05) is 23.2 Å². The first-order valence-corrected chi connectivity index (χ1v) is 6.02. The van der Waals surface area contributed by atoms with Crippen molar-refractivity contribution < 1.29 is 5.11 Å². The van der Waals surface area contributed by atoms with Crippen LogP contribution in [0.15, 0.2) is 12.3 Å². The van der Waals surface area contributed by atoms with Crippen molar-refractivity contribution in [3.63, 3.8) is 0 Å². The first kappa shape index (κ1) is 12.0. The Morgan fingerprint density at radius 3 is 2.75 bits per heavy atom. The lowest BCUT2D eigenvalue weighted by molar-refractivity contribution is 0.0464. The van der Waals surface area contributed by atoms with E-state index >= 15 is 0 Å². The lowest BCUT2D eigenvalue weighted by atomic mass is 9.82. The summed E-state index contributed by atoms with van der Waals surface area (Å²) in [6, 6.07) is 1.69. The average molecular weight is 261 g/mol. The number of aliphatic hydroxyl groups is 1. The lowest BCUT2D eigenvalue weighted by Crippen LogP contribution is -2.37. The second kappa shape index (κ2) is 4.78. The number of nitrogens with zero attached hydrogens (tertiary/aromatic N) is 2. The molecule has 0 aromatic carbocycles. The van der Waals surface area contributed by atoms with Crippen molar-refractivity contribution in [2.75, 3.05) is 18.5 Å². The first-order chi connectivity index (χ1) is 7.56. The van der Waals surface area contributed by atoms with Gasteiger partial charge in [-0.2, -0.15) is 0 Å². The third-order valence-corrected chi connectivity index (χ3v) is 3.38. The highest BCUT2D eigenvalue weighted by Crippen LogP contribution is 2.31. The van der Waals surface area contributed by atoms with Gasteiger partial charge in [-0.05, 0) is 24.8 Å². The molecule has 16 heavy (non-hydrogen) atoms. The van der Waals surface area contributed by atoms with Gasteiger partial charge in [0, 0.05) is 19.8 Å². The van der Waals surface area contributed by atoms with Gasteiger partial charge in [-0.3, -0.25) is 0 Å². The topological polar surface area (TPSA) is 36.4 Å². The Morgan fingerprint density at radius 2 is 2.19 bits per heavy atom. The van der Waals surface area contributed by atoms with Gasteiger partial charge in [0.2, 0.25) is 0 Å². The molecule has 0 radical (unpaired) electrons. The number of rotatable bonds is 3. The van der Waals surface area contributed by atoms with Crippen LogP contribution in [0.5, 0.6) is 0 Å². The molecule has 1 N–H and O–H groups in total. The lowest BCUT2D eigenvalue weighted by Gasteiger charge is -2.35. The van der Waals surface area contributed by atoms with Gasteiger partial charge in [-0.25, -0.2) is 4.98 Å². The molecule has 0 aliphatic heterocycles. The van der Waals surface area contributed by atoms with Crippen molar-refractivity contribution in [1.82, 2.24) is 4.98 Å². The van der Waals surface area contributed by atoms with E-state index in [1.165, 1.54) is 0 Å². The van der Waals surface area contributed by atoms with Crippen LogP contribution in [0.2, 0.25) is 10.0 Å². The molecule has 0 bridgehead atoms. The molecule has 3 nitrogen and oxygen atoms in total. The number of aliphatic hydroxyl groups excluding tert-OH is 1. The summed E-state index contributed by atoms with van der Waals surface area (Å²) in [7, 11) is 1.95. The molecular weight excluding hydrogens is 247 g/mol. The highest BCUT2D eigenvalue weighted by atomic mass is 35.5. The minimum absolute atomic E-state index is 0.118. The monoisotopic (exact) mass is 260 g/mol. The summed E-state index contributed by atoms with van der Waals surface area (Å²) in [4.78, 5) is 6.22. The SMILES string of the molecule is CN(CC1CC(O)C1)c1ncc(Cl)cc1Cl. The van der Waals surface area contributed by atoms with E-state index < -0.39 is 0 Å². The zero-order chi connectivity index (χ0) is 11.7. The molecule has 1 saturated carbocycles. The van der Waals surface area contributed by atoms with Gasteiger partial charge < -0.3 is 10.0 Å². The molecule has 0 amide bonds. The van der Waals surface area contributed by atoms with Gasteiger partial charge >= 0.3 is 0 Å². The molecule has 1 aliphatic rings. The third-order valence-electron chi connectivity index (χ3n) is 2.89. The van der Waals surface area contributed by atoms with Crippen LogP contribution in [0.4, 0.5) is 5.82 Å². The van der Waals surface area contributed by atoms with E-state index in [1.54, 1.807) is 12.3 Å². The van der Waals surface area contributed by atoms with Crippen molar-refractivity contribution in [2.24, 2.45) is 5.92 Å². The first-order valence-electron chi connectivity index (χ1n) is 5.26. The molecule has 1 fully saturated rings. The van der Waals surface area contributed by atoms with E-state index in [4.69, 9.17) is 23.2 Å². The molecule has 2 rings (SSSR count). The van der Waals surface area contributed by atoms with E-state index in [0.717, 1.165) is 25.2 Å². The Bertz CT molecular complexity index is 380. The largest absolute Gasteiger partial charge is 0.393 e. The maximum absolute atomic E-state index is 9.22. The van der Waals surface area contributed by atoms with Crippen LogP contribution in [-0.2, 0) is 0 Å². The fourth-order valence-electron chi connectivity index (χ4n) is 2.01. The number of halogens is 2. The fourth-order valence-corrected chi connectivity index (χ4v) is 2.54. The van der Waals surface area contributed by atoms with Crippen LogP contribution < -0.4 is 4.90 Å². The maximum Gasteiger partial charge on any atom is 0.147 e. The van der Waals surface area contributed by atoms with Crippen LogP contribution in [0.25, 0.3) is 0 Å². The van der Waals surface area contributed by atoms with Crippen molar-refractivity contribution in [2.45, 2.75) is 18.9 Å². The van der Waals surface area contributed by atoms with E-state index in [9.17, 15) is 5.11 Å². The van der Waals surface area contributed by atoms with Crippen LogP contribution in [0, 0.1) is 5.92 Å². The molecule has 0 atom stereocenters. The average Bonchev–Trinajstić information content (AvgIpc) is 2.15. The molecule has 0 spiro atoms. The molecule has 1 aromatic heterocycles. The van der Waals surface area contributed by atoms with Gasteiger partial charge in [0.1, 0.15) is 5.82 Å². The normalized spacial score (nSPS) is 24.0. The summed E-state index contributed by atoms with van der Waals surface area (Å²) in [6.45, 7) is 0.866. The molecule has 1 heterocycles. The zero-order valence-corrected chi connectivity index (χ0v) is 10.5. The summed E-state index contributed by atoms with van der Waals surface area (Å²) in [5, 5.41) is 10.3. The Balaban J connectivity index is 2.00. The second-order valence-corrected chi connectivity index (χ2v) is 5.17. The van der Waals surface area contributed by atoms with Crippen LogP contribution in [0.3, 0.4) is 0 Å². The Labute approximate surface area is 105 Å². The van der Waals surface area contributed by atoms with Gasteiger partial charge in [0.05, 0.1) is 16.1 Å². The second-order valence-electron chi connectivity index (χ2n) is 4.33. The fraction of sp³-hybridized carbons (Fsp3) is 0.545. The van der Waals surface area contributed by atoms with Crippen LogP contribution >= 0.6 is 23.2 Å². The standard InChI is InChI=1S/C11H14Cl2N2O/c1-15(6-7-2-9(16)3-7)11-10(13)4-8(12)5-14-11/h4-5,7,9,16H,2-3,6H2,1H3. The van der Waals surface area contributed by atoms with Gasteiger partial charge in [0.25, 0.3) is 0 Å². The van der Waals surface area contributed by atoms with Crippen LogP contribution in [-0.4, -0.2) is 29.8 Å². The van der Waals surface area contributed by atoms with E-state index in [2.05, 4.69) is 4.98 Å².